The molecule has 0 aliphatic carbocycles. The molecule has 0 spiro atoms. The van der Waals surface area contributed by atoms with Gasteiger partial charge in [-0.25, -0.2) is 4.39 Å². The van der Waals surface area contributed by atoms with E-state index >= 15 is 0 Å². The molecular weight excluding hydrogens is 253 g/mol. The van der Waals surface area contributed by atoms with Crippen molar-refractivity contribution in [2.24, 2.45) is 0 Å². The molecule has 0 heterocycles. The van der Waals surface area contributed by atoms with E-state index in [2.05, 4.69) is 17.0 Å². The molecule has 2 rings (SSSR count). The zero-order valence-corrected chi connectivity index (χ0v) is 11.7. The molecule has 1 unspecified atom stereocenters. The van der Waals surface area contributed by atoms with E-state index in [1.54, 1.807) is 12.1 Å². The maximum Gasteiger partial charge on any atom is 0.123 e. The van der Waals surface area contributed by atoms with Crippen molar-refractivity contribution in [3.8, 4) is 0 Å². The van der Waals surface area contributed by atoms with Crippen LogP contribution in [-0.4, -0.2) is 23.7 Å². The van der Waals surface area contributed by atoms with Gasteiger partial charge in [-0.2, -0.15) is 0 Å². The first kappa shape index (κ1) is 14.7. The van der Waals surface area contributed by atoms with E-state index in [0.717, 1.165) is 12.1 Å². The molecule has 0 bridgehead atoms. The molecule has 20 heavy (non-hydrogen) atoms. The second kappa shape index (κ2) is 7.17. The van der Waals surface area contributed by atoms with Gasteiger partial charge in [-0.05, 0) is 36.7 Å². The maximum absolute atomic E-state index is 12.9. The highest BCUT2D eigenvalue weighted by molar-refractivity contribution is 5.20. The Morgan fingerprint density at radius 1 is 1.05 bits per heavy atom. The van der Waals surface area contributed by atoms with Crippen LogP contribution in [0.15, 0.2) is 54.6 Å². The summed E-state index contributed by atoms with van der Waals surface area (Å²) in [7, 11) is 2.02. The van der Waals surface area contributed by atoms with Gasteiger partial charge in [-0.3, -0.25) is 4.90 Å². The lowest BCUT2D eigenvalue weighted by Crippen LogP contribution is -2.25. The fraction of sp³-hybridized carbons (Fsp3) is 0.294. The van der Waals surface area contributed by atoms with Crippen molar-refractivity contribution in [2.45, 2.75) is 19.0 Å². The van der Waals surface area contributed by atoms with Crippen molar-refractivity contribution >= 4 is 0 Å². The van der Waals surface area contributed by atoms with Crippen LogP contribution in [0, 0.1) is 5.82 Å². The molecule has 106 valence electrons. The van der Waals surface area contributed by atoms with Crippen molar-refractivity contribution in [1.82, 2.24) is 4.90 Å². The molecule has 1 atom stereocenters. The van der Waals surface area contributed by atoms with E-state index in [9.17, 15) is 9.50 Å². The Hall–Kier alpha value is -1.71. The Kier molecular flexibility index (Phi) is 5.27. The van der Waals surface area contributed by atoms with Gasteiger partial charge in [0.2, 0.25) is 0 Å². The third kappa shape index (κ3) is 3.89. The van der Waals surface area contributed by atoms with E-state index in [1.165, 1.54) is 17.7 Å². The maximum atomic E-state index is 12.9. The lowest BCUT2D eigenvalue weighted by molar-refractivity contribution is 0.180. The van der Waals surface area contributed by atoms with Gasteiger partial charge in [-0.15, -0.1) is 0 Å². The summed E-state index contributed by atoms with van der Waals surface area (Å²) in [6.45, 7) is 0.868. The molecule has 3 heteroatoms. The summed E-state index contributed by atoms with van der Waals surface area (Å²) >= 11 is 0. The molecule has 0 amide bonds. The largest absolute Gasteiger partial charge is 0.396 e. The quantitative estimate of drug-likeness (QED) is 0.872. The summed E-state index contributed by atoms with van der Waals surface area (Å²) in [4.78, 5) is 2.18. The Morgan fingerprint density at radius 2 is 1.70 bits per heavy atom. The highest BCUT2D eigenvalue weighted by Gasteiger charge is 2.16. The van der Waals surface area contributed by atoms with Crippen LogP contribution in [0.25, 0.3) is 0 Å². The van der Waals surface area contributed by atoms with Gasteiger partial charge >= 0.3 is 0 Å². The molecule has 2 aromatic rings. The normalized spacial score (nSPS) is 12.6. The highest BCUT2D eigenvalue weighted by Crippen LogP contribution is 2.24. The Balaban J connectivity index is 2.11. The Bertz CT molecular complexity index is 512. The minimum absolute atomic E-state index is 0.146. The van der Waals surface area contributed by atoms with Crippen LogP contribution in [0.1, 0.15) is 23.6 Å². The Labute approximate surface area is 119 Å². The molecule has 2 aromatic carbocycles. The van der Waals surface area contributed by atoms with Gasteiger partial charge in [0.25, 0.3) is 0 Å². The number of rotatable bonds is 6. The van der Waals surface area contributed by atoms with E-state index in [-0.39, 0.29) is 18.5 Å². The molecule has 0 aromatic heterocycles. The lowest BCUT2D eigenvalue weighted by atomic mass is 10.0. The monoisotopic (exact) mass is 273 g/mol. The molecule has 0 saturated carbocycles. The van der Waals surface area contributed by atoms with Crippen molar-refractivity contribution in [2.75, 3.05) is 13.7 Å². The van der Waals surface area contributed by atoms with Crippen molar-refractivity contribution in [3.05, 3.63) is 71.5 Å². The second-order valence-electron chi connectivity index (χ2n) is 4.98. The summed E-state index contributed by atoms with van der Waals surface area (Å²) in [5, 5.41) is 9.27. The minimum atomic E-state index is -0.216. The van der Waals surface area contributed by atoms with Gasteiger partial charge in [0.05, 0.1) is 0 Å². The first-order valence-electron chi connectivity index (χ1n) is 6.81. The summed E-state index contributed by atoms with van der Waals surface area (Å²) < 4.78 is 12.9. The van der Waals surface area contributed by atoms with Crippen LogP contribution in [0.4, 0.5) is 4.39 Å². The van der Waals surface area contributed by atoms with Crippen LogP contribution < -0.4 is 0 Å². The first-order chi connectivity index (χ1) is 9.70. The molecule has 0 aliphatic rings. The van der Waals surface area contributed by atoms with Crippen LogP contribution in [0.3, 0.4) is 0 Å². The zero-order chi connectivity index (χ0) is 14.4. The zero-order valence-electron chi connectivity index (χ0n) is 11.7. The van der Waals surface area contributed by atoms with Crippen molar-refractivity contribution in [3.63, 3.8) is 0 Å². The predicted octanol–water partition coefficient (Wildman–Crippen LogP) is 3.38. The van der Waals surface area contributed by atoms with E-state index in [4.69, 9.17) is 0 Å². The number of nitrogens with zero attached hydrogens (tertiary/aromatic N) is 1. The predicted molar refractivity (Wildman–Crippen MR) is 78.8 cm³/mol. The van der Waals surface area contributed by atoms with Gasteiger partial charge in [0.15, 0.2) is 0 Å². The number of aliphatic hydroxyl groups excluding tert-OH is 1. The van der Waals surface area contributed by atoms with E-state index < -0.39 is 0 Å². The van der Waals surface area contributed by atoms with Crippen molar-refractivity contribution < 1.29 is 9.50 Å². The SMILES string of the molecule is CN(Cc1ccc(F)cc1)C(CCO)c1ccccc1. The third-order valence-electron chi connectivity index (χ3n) is 3.46. The fourth-order valence-corrected chi connectivity index (χ4v) is 2.43. The topological polar surface area (TPSA) is 23.5 Å². The average Bonchev–Trinajstić information content (AvgIpc) is 2.48. The first-order valence-corrected chi connectivity index (χ1v) is 6.81. The van der Waals surface area contributed by atoms with E-state index in [0.29, 0.717) is 6.42 Å². The van der Waals surface area contributed by atoms with Crippen LogP contribution in [0.2, 0.25) is 0 Å². The third-order valence-corrected chi connectivity index (χ3v) is 3.46. The van der Waals surface area contributed by atoms with E-state index in [1.807, 2.05) is 25.2 Å². The molecule has 0 aliphatic heterocycles. The van der Waals surface area contributed by atoms with Crippen LogP contribution in [0.5, 0.6) is 0 Å². The molecule has 1 N–H and O–H groups in total. The molecule has 2 nitrogen and oxygen atoms in total. The molecule has 0 radical (unpaired) electrons. The fourth-order valence-electron chi connectivity index (χ4n) is 2.43. The van der Waals surface area contributed by atoms with Gasteiger partial charge in [0.1, 0.15) is 5.82 Å². The van der Waals surface area contributed by atoms with Gasteiger partial charge < -0.3 is 5.11 Å². The van der Waals surface area contributed by atoms with Gasteiger partial charge in [0, 0.05) is 19.2 Å². The average molecular weight is 273 g/mol. The minimum Gasteiger partial charge on any atom is -0.396 e. The Morgan fingerprint density at radius 3 is 2.30 bits per heavy atom. The summed E-state index contributed by atoms with van der Waals surface area (Å²) in [6, 6.07) is 16.9. The summed E-state index contributed by atoms with van der Waals surface area (Å²) in [6.07, 6.45) is 0.682. The molecule has 0 saturated heterocycles. The summed E-state index contributed by atoms with van der Waals surface area (Å²) in [5.74, 6) is -0.216. The number of halogens is 1. The highest BCUT2D eigenvalue weighted by atomic mass is 19.1. The number of aliphatic hydroxyl groups is 1. The van der Waals surface area contributed by atoms with Crippen LogP contribution >= 0.6 is 0 Å². The van der Waals surface area contributed by atoms with Gasteiger partial charge in [-0.1, -0.05) is 42.5 Å². The lowest BCUT2D eigenvalue weighted by Gasteiger charge is -2.28. The molecule has 0 fully saturated rings. The van der Waals surface area contributed by atoms with Crippen LogP contribution in [-0.2, 0) is 6.54 Å². The molecular formula is C17H20FNO. The number of hydrogen-bond acceptors (Lipinski definition) is 2. The number of hydrogen-bond donors (Lipinski definition) is 1. The van der Waals surface area contributed by atoms with Crippen molar-refractivity contribution in [1.29, 1.82) is 0 Å². The number of benzene rings is 2. The second-order valence-corrected chi connectivity index (χ2v) is 4.98. The summed E-state index contributed by atoms with van der Waals surface area (Å²) in [5.41, 5.74) is 2.25. The smallest absolute Gasteiger partial charge is 0.123 e. The standard InChI is InChI=1S/C17H20FNO/c1-19(13-14-7-9-16(18)10-8-14)17(11-12-20)15-5-3-2-4-6-15/h2-10,17,20H,11-13H2,1H3.